The Kier molecular flexibility index (Phi) is 6.12. The molecule has 1 aliphatic heterocycles. The van der Waals surface area contributed by atoms with Gasteiger partial charge >= 0.3 is 0 Å². The number of thiocarbonyl (C=S) groups is 1. The predicted octanol–water partition coefficient (Wildman–Crippen LogP) is 3.99. The largest absolute Gasteiger partial charge is 0.366 e. The number of nitrogens with two attached hydrogens (primary N) is 1. The second-order valence-electron chi connectivity index (χ2n) is 7.91. The molecular weight excluding hydrogens is 472 g/mol. The molecule has 2 heterocycles. The minimum absolute atomic E-state index is 0.00229. The van der Waals surface area contributed by atoms with E-state index in [9.17, 15) is 14.4 Å². The second-order valence-corrected chi connectivity index (χ2v) is 8.71. The Balaban J connectivity index is 1.76. The molecule has 7 nitrogen and oxygen atoms in total. The van der Waals surface area contributed by atoms with Crippen LogP contribution in [0.3, 0.4) is 0 Å². The first kappa shape index (κ1) is 23.4. The zero-order valence-corrected chi connectivity index (χ0v) is 20.3. The quantitative estimate of drug-likeness (QED) is 0.327. The number of rotatable bonds is 4. The van der Waals surface area contributed by atoms with Gasteiger partial charge in [-0.1, -0.05) is 17.7 Å². The average Bonchev–Trinajstić information content (AvgIpc) is 3.06. The van der Waals surface area contributed by atoms with Crippen molar-refractivity contribution in [2.24, 2.45) is 5.73 Å². The van der Waals surface area contributed by atoms with E-state index in [1.54, 1.807) is 55.5 Å². The zero-order valence-electron chi connectivity index (χ0n) is 18.7. The summed E-state index contributed by atoms with van der Waals surface area (Å²) in [6, 6.07) is 13.9. The Bertz CT molecular complexity index is 1410. The van der Waals surface area contributed by atoms with E-state index in [2.05, 4.69) is 5.32 Å². The Hall–Kier alpha value is -3.75. The summed E-state index contributed by atoms with van der Waals surface area (Å²) in [6.07, 6.45) is 1.56. The van der Waals surface area contributed by atoms with Crippen molar-refractivity contribution in [2.45, 2.75) is 20.8 Å². The van der Waals surface area contributed by atoms with Crippen molar-refractivity contribution in [3.8, 4) is 5.69 Å². The van der Waals surface area contributed by atoms with Crippen LogP contribution in [0, 0.1) is 20.8 Å². The molecule has 0 spiro atoms. The minimum Gasteiger partial charge on any atom is -0.366 e. The minimum atomic E-state index is -0.568. The topological polar surface area (TPSA) is 97.4 Å². The van der Waals surface area contributed by atoms with Crippen LogP contribution in [-0.4, -0.2) is 27.4 Å². The Morgan fingerprint density at radius 2 is 1.76 bits per heavy atom. The van der Waals surface area contributed by atoms with Gasteiger partial charge in [-0.3, -0.25) is 24.6 Å². The molecule has 34 heavy (non-hydrogen) atoms. The number of amides is 3. The van der Waals surface area contributed by atoms with Gasteiger partial charge in [0.25, 0.3) is 11.8 Å². The van der Waals surface area contributed by atoms with Crippen molar-refractivity contribution in [3.63, 3.8) is 0 Å². The fraction of sp³-hybridized carbons (Fsp3) is 0.120. The molecule has 1 aliphatic rings. The number of halogens is 1. The van der Waals surface area contributed by atoms with E-state index in [4.69, 9.17) is 29.6 Å². The first-order valence-electron chi connectivity index (χ1n) is 10.4. The maximum Gasteiger partial charge on any atom is 0.270 e. The molecule has 4 rings (SSSR count). The summed E-state index contributed by atoms with van der Waals surface area (Å²) in [6.45, 7) is 5.58. The molecule has 2 aromatic carbocycles. The van der Waals surface area contributed by atoms with E-state index >= 15 is 0 Å². The Labute approximate surface area is 206 Å². The smallest absolute Gasteiger partial charge is 0.270 e. The highest BCUT2D eigenvalue weighted by molar-refractivity contribution is 7.80. The van der Waals surface area contributed by atoms with Crippen LogP contribution in [0.15, 0.2) is 54.1 Å². The van der Waals surface area contributed by atoms with Crippen LogP contribution in [0.2, 0.25) is 5.02 Å². The van der Waals surface area contributed by atoms with Gasteiger partial charge in [-0.05, 0) is 92.7 Å². The number of aryl methyl sites for hydroxylation is 1. The Morgan fingerprint density at radius 1 is 1.09 bits per heavy atom. The van der Waals surface area contributed by atoms with Crippen molar-refractivity contribution in [1.29, 1.82) is 0 Å². The number of nitrogens with one attached hydrogen (secondary N) is 1. The molecule has 0 aliphatic carbocycles. The molecule has 0 radical (unpaired) electrons. The first-order chi connectivity index (χ1) is 16.1. The summed E-state index contributed by atoms with van der Waals surface area (Å²) in [5.41, 5.74) is 10.1. The SMILES string of the molecule is Cc1c(Cl)cccc1N1C(=O)/C(=C/c2cc(C)n(-c3ccc(C(N)=O)cc3)c2C)C(=O)NC1=S. The molecule has 0 atom stereocenters. The van der Waals surface area contributed by atoms with Gasteiger partial charge in [0.05, 0.1) is 5.69 Å². The lowest BCUT2D eigenvalue weighted by Crippen LogP contribution is -2.54. The summed E-state index contributed by atoms with van der Waals surface area (Å²) in [7, 11) is 0. The number of primary amides is 1. The van der Waals surface area contributed by atoms with Crippen LogP contribution in [0.25, 0.3) is 11.8 Å². The molecule has 0 bridgehead atoms. The highest BCUT2D eigenvalue weighted by Gasteiger charge is 2.35. The second kappa shape index (κ2) is 8.89. The third kappa shape index (κ3) is 4.02. The normalized spacial score (nSPS) is 15.1. The molecule has 3 amide bonds. The molecule has 9 heteroatoms. The maximum atomic E-state index is 13.4. The molecule has 1 saturated heterocycles. The lowest BCUT2D eigenvalue weighted by molar-refractivity contribution is -0.122. The van der Waals surface area contributed by atoms with E-state index < -0.39 is 17.7 Å². The molecule has 1 fully saturated rings. The van der Waals surface area contributed by atoms with E-state index in [0.29, 0.717) is 27.4 Å². The van der Waals surface area contributed by atoms with Crippen molar-refractivity contribution >= 4 is 58.4 Å². The van der Waals surface area contributed by atoms with Crippen molar-refractivity contribution in [3.05, 3.63) is 87.2 Å². The fourth-order valence-corrected chi connectivity index (χ4v) is 4.42. The summed E-state index contributed by atoms with van der Waals surface area (Å²) >= 11 is 11.5. The lowest BCUT2D eigenvalue weighted by Gasteiger charge is -2.30. The summed E-state index contributed by atoms with van der Waals surface area (Å²) in [5, 5.41) is 3.09. The monoisotopic (exact) mass is 492 g/mol. The first-order valence-corrected chi connectivity index (χ1v) is 11.1. The summed E-state index contributed by atoms with van der Waals surface area (Å²) in [4.78, 5) is 38.8. The van der Waals surface area contributed by atoms with Gasteiger partial charge in [0.15, 0.2) is 5.11 Å². The Morgan fingerprint density at radius 3 is 2.41 bits per heavy atom. The average molecular weight is 493 g/mol. The van der Waals surface area contributed by atoms with Gasteiger partial charge in [-0.2, -0.15) is 0 Å². The molecule has 1 aromatic heterocycles. The van der Waals surface area contributed by atoms with Crippen molar-refractivity contribution in [1.82, 2.24) is 9.88 Å². The van der Waals surface area contributed by atoms with E-state index in [-0.39, 0.29) is 10.7 Å². The standard InChI is InChI=1S/C25H21ClN4O3S/c1-13-11-17(15(3)29(13)18-9-7-16(8-10-18)22(27)31)12-19-23(32)28-25(34)30(24(19)33)21-6-4-5-20(26)14(21)2/h4-12H,1-3H3,(H2,27,31)(H,28,32,34)/b19-12+. The number of nitrogens with zero attached hydrogens (tertiary/aromatic N) is 2. The van der Waals surface area contributed by atoms with E-state index in [1.807, 2.05) is 24.5 Å². The van der Waals surface area contributed by atoms with Crippen LogP contribution >= 0.6 is 23.8 Å². The third-order valence-corrected chi connectivity index (χ3v) is 6.46. The van der Waals surface area contributed by atoms with Crippen molar-refractivity contribution in [2.75, 3.05) is 4.90 Å². The van der Waals surface area contributed by atoms with Gasteiger partial charge in [0, 0.05) is 27.7 Å². The van der Waals surface area contributed by atoms with E-state index in [0.717, 1.165) is 17.1 Å². The summed E-state index contributed by atoms with van der Waals surface area (Å²) < 4.78 is 1.96. The number of aromatic nitrogens is 1. The lowest BCUT2D eigenvalue weighted by atomic mass is 10.1. The maximum absolute atomic E-state index is 13.4. The highest BCUT2D eigenvalue weighted by atomic mass is 35.5. The third-order valence-electron chi connectivity index (χ3n) is 5.76. The van der Waals surface area contributed by atoms with Crippen LogP contribution in [0.5, 0.6) is 0 Å². The highest BCUT2D eigenvalue weighted by Crippen LogP contribution is 2.30. The number of hydrogen-bond acceptors (Lipinski definition) is 4. The fourth-order valence-electron chi connectivity index (χ4n) is 3.98. The van der Waals surface area contributed by atoms with Crippen molar-refractivity contribution < 1.29 is 14.4 Å². The van der Waals surface area contributed by atoms with Crippen LogP contribution in [0.1, 0.15) is 32.9 Å². The van der Waals surface area contributed by atoms with Crippen LogP contribution < -0.4 is 16.0 Å². The number of hydrogen-bond donors (Lipinski definition) is 2. The van der Waals surface area contributed by atoms with Gasteiger partial charge in [-0.15, -0.1) is 0 Å². The molecule has 0 unspecified atom stereocenters. The van der Waals surface area contributed by atoms with Gasteiger partial charge in [0.2, 0.25) is 5.91 Å². The molecule has 3 aromatic rings. The molecule has 0 saturated carbocycles. The molecule has 172 valence electrons. The number of carbonyl (C=O) groups is 3. The number of anilines is 1. The molecule has 3 N–H and O–H groups in total. The van der Waals surface area contributed by atoms with Gasteiger partial charge in [0.1, 0.15) is 5.57 Å². The number of benzene rings is 2. The summed E-state index contributed by atoms with van der Waals surface area (Å²) in [5.74, 6) is -1.60. The zero-order chi connectivity index (χ0) is 24.7. The van der Waals surface area contributed by atoms with Crippen LogP contribution in [-0.2, 0) is 9.59 Å². The number of carbonyl (C=O) groups excluding carboxylic acids is 3. The molecular formula is C25H21ClN4O3S. The van der Waals surface area contributed by atoms with E-state index in [1.165, 1.54) is 4.90 Å². The van der Waals surface area contributed by atoms with Crippen LogP contribution in [0.4, 0.5) is 5.69 Å². The van der Waals surface area contributed by atoms with Gasteiger partial charge in [-0.25, -0.2) is 0 Å². The predicted molar refractivity (Wildman–Crippen MR) is 136 cm³/mol. The van der Waals surface area contributed by atoms with Gasteiger partial charge < -0.3 is 10.3 Å².